The van der Waals surface area contributed by atoms with E-state index in [2.05, 4.69) is 62.2 Å². The van der Waals surface area contributed by atoms with Crippen LogP contribution in [0.5, 0.6) is 5.75 Å². The molecule has 0 saturated carbocycles. The first-order chi connectivity index (χ1) is 15.4. The molecule has 1 aliphatic rings. The van der Waals surface area contributed by atoms with Crippen LogP contribution in [0.25, 0.3) is 0 Å². The van der Waals surface area contributed by atoms with Crippen molar-refractivity contribution in [1.82, 2.24) is 10.2 Å². The topological polar surface area (TPSA) is 50.8 Å². The van der Waals surface area contributed by atoms with Gasteiger partial charge in [-0.05, 0) is 35.1 Å². The van der Waals surface area contributed by atoms with Gasteiger partial charge in [0.25, 0.3) is 5.91 Å². The number of amides is 1. The monoisotopic (exact) mass is 438 g/mol. The number of ether oxygens (including phenoxy) is 2. The number of nitrogens with zero attached hydrogens (tertiary/aromatic N) is 1. The average molecular weight is 439 g/mol. The summed E-state index contributed by atoms with van der Waals surface area (Å²) in [6.45, 7) is 13.1. The first-order valence-corrected chi connectivity index (χ1v) is 11.8. The lowest BCUT2D eigenvalue weighted by Gasteiger charge is -2.35. The first kappa shape index (κ1) is 24.3. The molecule has 0 radical (unpaired) electrons. The summed E-state index contributed by atoms with van der Waals surface area (Å²) in [5.41, 5.74) is 3.23. The fraction of sp³-hybridized carbons (Fsp3) is 0.519. The van der Waals surface area contributed by atoms with E-state index in [4.69, 9.17) is 9.47 Å². The maximum Gasteiger partial charge on any atom is 0.255 e. The van der Waals surface area contributed by atoms with Crippen molar-refractivity contribution in [2.75, 3.05) is 39.5 Å². The second-order valence-electron chi connectivity index (χ2n) is 9.44. The van der Waals surface area contributed by atoms with Gasteiger partial charge in [0, 0.05) is 19.6 Å². The predicted octanol–water partition coefficient (Wildman–Crippen LogP) is 4.97. The summed E-state index contributed by atoms with van der Waals surface area (Å²) in [5.74, 6) is 0.553. The molecule has 0 aliphatic carbocycles. The number of hydrogen-bond donors (Lipinski definition) is 1. The van der Waals surface area contributed by atoms with Gasteiger partial charge in [-0.3, -0.25) is 9.69 Å². The highest BCUT2D eigenvalue weighted by atomic mass is 16.5. The number of carbonyl (C=O) groups is 1. The van der Waals surface area contributed by atoms with Crippen molar-refractivity contribution in [2.45, 2.75) is 52.0 Å². The van der Waals surface area contributed by atoms with Crippen LogP contribution in [0.2, 0.25) is 0 Å². The van der Waals surface area contributed by atoms with Gasteiger partial charge >= 0.3 is 0 Å². The van der Waals surface area contributed by atoms with Gasteiger partial charge in [-0.2, -0.15) is 0 Å². The zero-order chi connectivity index (χ0) is 23.0. The SMILES string of the molecule is CCCCOc1ccccc1C(=O)NC[C@@H](c1ccc(C(C)(C)C)cc1)N1CCOCC1. The van der Waals surface area contributed by atoms with Gasteiger partial charge < -0.3 is 14.8 Å². The highest BCUT2D eigenvalue weighted by Gasteiger charge is 2.24. The van der Waals surface area contributed by atoms with Crippen LogP contribution in [0.1, 0.15) is 68.1 Å². The maximum absolute atomic E-state index is 13.1. The van der Waals surface area contributed by atoms with Crippen LogP contribution in [0.15, 0.2) is 48.5 Å². The molecular weight excluding hydrogens is 400 g/mol. The molecule has 1 fully saturated rings. The normalized spacial score (nSPS) is 15.9. The lowest BCUT2D eigenvalue weighted by Crippen LogP contribution is -2.43. The minimum absolute atomic E-state index is 0.0957. The van der Waals surface area contributed by atoms with E-state index >= 15 is 0 Å². The van der Waals surface area contributed by atoms with Gasteiger partial charge in [-0.25, -0.2) is 0 Å². The number of morpholine rings is 1. The van der Waals surface area contributed by atoms with E-state index in [9.17, 15) is 4.79 Å². The van der Waals surface area contributed by atoms with Crippen LogP contribution in [0.4, 0.5) is 0 Å². The molecule has 5 heteroatoms. The van der Waals surface area contributed by atoms with Gasteiger partial charge in [0.2, 0.25) is 0 Å². The zero-order valence-corrected chi connectivity index (χ0v) is 20.0. The number of carbonyl (C=O) groups excluding carboxylic acids is 1. The molecule has 1 saturated heterocycles. The Morgan fingerprint density at radius 2 is 1.78 bits per heavy atom. The lowest BCUT2D eigenvalue weighted by molar-refractivity contribution is 0.0162. The average Bonchev–Trinajstić information content (AvgIpc) is 2.80. The number of hydrogen-bond acceptors (Lipinski definition) is 4. The Kier molecular flexibility index (Phi) is 8.71. The largest absolute Gasteiger partial charge is 0.493 e. The summed E-state index contributed by atoms with van der Waals surface area (Å²) in [7, 11) is 0. The Hall–Kier alpha value is -2.37. The molecule has 174 valence electrons. The summed E-state index contributed by atoms with van der Waals surface area (Å²) in [5, 5.41) is 3.17. The van der Waals surface area contributed by atoms with E-state index in [0.29, 0.717) is 24.5 Å². The summed E-state index contributed by atoms with van der Waals surface area (Å²) in [6.07, 6.45) is 2.03. The smallest absolute Gasteiger partial charge is 0.255 e. The molecule has 5 nitrogen and oxygen atoms in total. The highest BCUT2D eigenvalue weighted by Crippen LogP contribution is 2.27. The summed E-state index contributed by atoms with van der Waals surface area (Å²) in [4.78, 5) is 15.5. The molecule has 1 N–H and O–H groups in total. The van der Waals surface area contributed by atoms with Crippen LogP contribution >= 0.6 is 0 Å². The molecule has 1 amide bonds. The van der Waals surface area contributed by atoms with Crippen LogP contribution in [0.3, 0.4) is 0 Å². The van der Waals surface area contributed by atoms with E-state index in [1.54, 1.807) is 0 Å². The van der Waals surface area contributed by atoms with Crippen molar-refractivity contribution in [1.29, 1.82) is 0 Å². The van der Waals surface area contributed by atoms with Gasteiger partial charge in [0.15, 0.2) is 0 Å². The third-order valence-electron chi connectivity index (χ3n) is 5.99. The van der Waals surface area contributed by atoms with E-state index in [1.165, 1.54) is 11.1 Å². The Balaban J connectivity index is 1.74. The van der Waals surface area contributed by atoms with E-state index in [0.717, 1.165) is 39.1 Å². The van der Waals surface area contributed by atoms with Crippen molar-refractivity contribution in [3.8, 4) is 5.75 Å². The molecular formula is C27H38N2O3. The molecule has 32 heavy (non-hydrogen) atoms. The van der Waals surface area contributed by atoms with Crippen LogP contribution < -0.4 is 10.1 Å². The third kappa shape index (κ3) is 6.57. The fourth-order valence-corrected chi connectivity index (χ4v) is 3.94. The van der Waals surface area contributed by atoms with Crippen LogP contribution in [-0.4, -0.2) is 50.3 Å². The molecule has 3 rings (SSSR count). The first-order valence-electron chi connectivity index (χ1n) is 11.8. The molecule has 2 aromatic rings. The minimum atomic E-state index is -0.0957. The predicted molar refractivity (Wildman–Crippen MR) is 129 cm³/mol. The molecule has 0 spiro atoms. The molecule has 0 aromatic heterocycles. The van der Waals surface area contributed by atoms with Crippen molar-refractivity contribution < 1.29 is 14.3 Å². The minimum Gasteiger partial charge on any atom is -0.493 e. The van der Waals surface area contributed by atoms with Gasteiger partial charge in [0.1, 0.15) is 5.75 Å². The van der Waals surface area contributed by atoms with Crippen LogP contribution in [-0.2, 0) is 10.2 Å². The van der Waals surface area contributed by atoms with Crippen molar-refractivity contribution in [3.05, 3.63) is 65.2 Å². The van der Waals surface area contributed by atoms with E-state index < -0.39 is 0 Å². The second-order valence-corrected chi connectivity index (χ2v) is 9.44. The van der Waals surface area contributed by atoms with Gasteiger partial charge in [-0.1, -0.05) is 70.5 Å². The lowest BCUT2D eigenvalue weighted by atomic mass is 9.86. The molecule has 2 aromatic carbocycles. The Labute approximate surface area is 193 Å². The summed E-state index contributed by atoms with van der Waals surface area (Å²) in [6, 6.07) is 16.4. The molecule has 0 bridgehead atoms. The van der Waals surface area contributed by atoms with Gasteiger partial charge in [-0.15, -0.1) is 0 Å². The third-order valence-corrected chi connectivity index (χ3v) is 5.99. The number of para-hydroxylation sites is 1. The second kappa shape index (κ2) is 11.5. The summed E-state index contributed by atoms with van der Waals surface area (Å²) < 4.78 is 11.4. The summed E-state index contributed by atoms with van der Waals surface area (Å²) >= 11 is 0. The Morgan fingerprint density at radius 3 is 2.44 bits per heavy atom. The Morgan fingerprint density at radius 1 is 1.09 bits per heavy atom. The van der Waals surface area contributed by atoms with Crippen LogP contribution in [0, 0.1) is 0 Å². The number of nitrogens with one attached hydrogen (secondary N) is 1. The molecule has 1 atom stereocenters. The quantitative estimate of drug-likeness (QED) is 0.562. The molecule has 0 unspecified atom stereocenters. The Bertz CT molecular complexity index is 852. The van der Waals surface area contributed by atoms with Gasteiger partial charge in [0.05, 0.1) is 31.4 Å². The fourth-order valence-electron chi connectivity index (χ4n) is 3.94. The highest BCUT2D eigenvalue weighted by molar-refractivity contribution is 5.96. The van der Waals surface area contributed by atoms with E-state index in [-0.39, 0.29) is 17.4 Å². The molecule has 1 aliphatic heterocycles. The van der Waals surface area contributed by atoms with Crippen molar-refractivity contribution in [2.24, 2.45) is 0 Å². The number of rotatable bonds is 9. The van der Waals surface area contributed by atoms with Crippen molar-refractivity contribution >= 4 is 5.91 Å². The van der Waals surface area contributed by atoms with E-state index in [1.807, 2.05) is 24.3 Å². The number of benzene rings is 2. The maximum atomic E-state index is 13.1. The number of unbranched alkanes of at least 4 members (excludes halogenated alkanes) is 1. The van der Waals surface area contributed by atoms with Crippen molar-refractivity contribution in [3.63, 3.8) is 0 Å². The zero-order valence-electron chi connectivity index (χ0n) is 20.0. The standard InChI is InChI=1S/C27H38N2O3/c1-5-6-17-32-25-10-8-7-9-23(25)26(30)28-20-24(29-15-18-31-19-16-29)21-11-13-22(14-12-21)27(2,3)4/h7-14,24H,5-6,15-20H2,1-4H3,(H,28,30)/t24-/m0/s1. The molecule has 1 heterocycles.